The van der Waals surface area contributed by atoms with E-state index >= 15 is 0 Å². The number of esters is 1. The van der Waals surface area contributed by atoms with Gasteiger partial charge in [-0.05, 0) is 13.3 Å². The molecule has 0 aromatic heterocycles. The lowest BCUT2D eigenvalue weighted by molar-refractivity contribution is -0.153. The van der Waals surface area contributed by atoms with Gasteiger partial charge < -0.3 is 19.1 Å². The molecule has 21 heavy (non-hydrogen) atoms. The van der Waals surface area contributed by atoms with E-state index in [2.05, 4.69) is 0 Å². The van der Waals surface area contributed by atoms with Crippen LogP contribution >= 0.6 is 0 Å². The summed E-state index contributed by atoms with van der Waals surface area (Å²) in [7, 11) is 1.64. The van der Waals surface area contributed by atoms with Crippen molar-refractivity contribution in [2.24, 2.45) is 11.8 Å². The average Bonchev–Trinajstić information content (AvgIpc) is 3.08. The third-order valence-corrected chi connectivity index (χ3v) is 4.51. The lowest BCUT2D eigenvalue weighted by atomic mass is 9.77. The molecule has 2 saturated heterocycles. The molecule has 3 heterocycles. The van der Waals surface area contributed by atoms with Crippen LogP contribution in [0.4, 0.5) is 0 Å². The second-order valence-electron chi connectivity index (χ2n) is 5.76. The molecule has 116 valence electrons. The third-order valence-electron chi connectivity index (χ3n) is 4.51. The first-order valence-corrected chi connectivity index (χ1v) is 7.44. The fraction of sp³-hybridized carbons (Fsp3) is 0.733. The standard InChI is InChI=1S/C15H21NO5/c1-3-20-14(18)11-10-5-6-15(21-10)9-16(7-4-8-19-2)13(17)12(11)15/h5-6,10-12H,3-4,7-9H2,1-2H3/t10-,11-,12-,15+/m1/s1. The van der Waals surface area contributed by atoms with Crippen LogP contribution in [0.15, 0.2) is 12.2 Å². The second kappa shape index (κ2) is 5.42. The summed E-state index contributed by atoms with van der Waals surface area (Å²) >= 11 is 0. The van der Waals surface area contributed by atoms with Crippen molar-refractivity contribution >= 4 is 11.9 Å². The van der Waals surface area contributed by atoms with Gasteiger partial charge in [0.2, 0.25) is 5.91 Å². The monoisotopic (exact) mass is 295 g/mol. The van der Waals surface area contributed by atoms with E-state index < -0.39 is 17.4 Å². The smallest absolute Gasteiger partial charge is 0.312 e. The van der Waals surface area contributed by atoms with E-state index in [9.17, 15) is 9.59 Å². The van der Waals surface area contributed by atoms with Gasteiger partial charge in [0, 0.05) is 20.3 Å². The van der Waals surface area contributed by atoms with Gasteiger partial charge in [-0.2, -0.15) is 0 Å². The number of ether oxygens (including phenoxy) is 3. The maximum absolute atomic E-state index is 12.6. The summed E-state index contributed by atoms with van der Waals surface area (Å²) in [6, 6.07) is 0. The van der Waals surface area contributed by atoms with Crippen LogP contribution in [0.25, 0.3) is 0 Å². The highest BCUT2D eigenvalue weighted by Gasteiger charge is 2.67. The first-order valence-electron chi connectivity index (χ1n) is 7.44. The minimum absolute atomic E-state index is 0.00370. The summed E-state index contributed by atoms with van der Waals surface area (Å²) in [5.74, 6) is -1.27. The van der Waals surface area contributed by atoms with Crippen molar-refractivity contribution in [3.05, 3.63) is 12.2 Å². The Morgan fingerprint density at radius 2 is 2.38 bits per heavy atom. The highest BCUT2D eigenvalue weighted by molar-refractivity contribution is 5.91. The van der Waals surface area contributed by atoms with Crippen LogP contribution in [-0.2, 0) is 23.8 Å². The fourth-order valence-electron chi connectivity index (χ4n) is 3.67. The number of carbonyl (C=O) groups excluding carboxylic acids is 2. The molecule has 0 aromatic rings. The van der Waals surface area contributed by atoms with E-state index in [4.69, 9.17) is 14.2 Å². The predicted molar refractivity (Wildman–Crippen MR) is 73.4 cm³/mol. The molecule has 2 bridgehead atoms. The van der Waals surface area contributed by atoms with Crippen LogP contribution in [0, 0.1) is 11.8 Å². The van der Waals surface area contributed by atoms with Crippen molar-refractivity contribution in [3.63, 3.8) is 0 Å². The molecule has 6 nitrogen and oxygen atoms in total. The maximum Gasteiger partial charge on any atom is 0.312 e. The quantitative estimate of drug-likeness (QED) is 0.402. The van der Waals surface area contributed by atoms with Crippen molar-refractivity contribution in [1.29, 1.82) is 0 Å². The molecule has 0 unspecified atom stereocenters. The molecular weight excluding hydrogens is 274 g/mol. The first kappa shape index (κ1) is 14.5. The van der Waals surface area contributed by atoms with Crippen molar-refractivity contribution in [2.75, 3.05) is 33.4 Å². The van der Waals surface area contributed by atoms with Crippen molar-refractivity contribution < 1.29 is 23.8 Å². The normalized spacial score (nSPS) is 36.4. The predicted octanol–water partition coefficient (Wildman–Crippen LogP) is 0.368. The van der Waals surface area contributed by atoms with Crippen LogP contribution in [0.1, 0.15) is 13.3 Å². The fourth-order valence-corrected chi connectivity index (χ4v) is 3.67. The molecule has 1 spiro atoms. The molecular formula is C15H21NO5. The average molecular weight is 295 g/mol. The summed E-state index contributed by atoms with van der Waals surface area (Å²) in [5, 5.41) is 0. The van der Waals surface area contributed by atoms with Crippen molar-refractivity contribution in [3.8, 4) is 0 Å². The molecule has 0 radical (unpaired) electrons. The van der Waals surface area contributed by atoms with Crippen LogP contribution in [0.2, 0.25) is 0 Å². The van der Waals surface area contributed by atoms with Gasteiger partial charge >= 0.3 is 5.97 Å². The number of nitrogens with zero attached hydrogens (tertiary/aromatic N) is 1. The molecule has 4 atom stereocenters. The molecule has 3 aliphatic heterocycles. The molecule has 0 saturated carbocycles. The number of methoxy groups -OCH3 is 1. The zero-order valence-electron chi connectivity index (χ0n) is 12.4. The van der Waals surface area contributed by atoms with Gasteiger partial charge in [0.15, 0.2) is 0 Å². The van der Waals surface area contributed by atoms with Gasteiger partial charge in [-0.15, -0.1) is 0 Å². The van der Waals surface area contributed by atoms with Gasteiger partial charge in [0.05, 0.1) is 25.2 Å². The largest absolute Gasteiger partial charge is 0.466 e. The minimum atomic E-state index is -0.633. The van der Waals surface area contributed by atoms with Crippen molar-refractivity contribution in [2.45, 2.75) is 25.0 Å². The highest BCUT2D eigenvalue weighted by Crippen LogP contribution is 2.52. The van der Waals surface area contributed by atoms with Crippen LogP contribution in [0.3, 0.4) is 0 Å². The van der Waals surface area contributed by atoms with E-state index in [1.54, 1.807) is 18.9 Å². The summed E-state index contributed by atoms with van der Waals surface area (Å²) < 4.78 is 16.1. The number of amides is 1. The Morgan fingerprint density at radius 1 is 1.57 bits per heavy atom. The summed E-state index contributed by atoms with van der Waals surface area (Å²) in [6.07, 6.45) is 4.30. The molecule has 3 rings (SSSR count). The van der Waals surface area contributed by atoms with E-state index in [1.165, 1.54) is 0 Å². The molecule has 2 fully saturated rings. The Balaban J connectivity index is 1.77. The molecule has 0 aliphatic carbocycles. The van der Waals surface area contributed by atoms with Crippen LogP contribution in [-0.4, -0.2) is 61.9 Å². The van der Waals surface area contributed by atoms with E-state index in [-0.39, 0.29) is 18.0 Å². The number of rotatable bonds is 6. The Labute approximate surface area is 124 Å². The molecule has 3 aliphatic rings. The second-order valence-corrected chi connectivity index (χ2v) is 5.76. The minimum Gasteiger partial charge on any atom is -0.466 e. The Bertz CT molecular complexity index is 477. The third kappa shape index (κ3) is 2.17. The summed E-state index contributed by atoms with van der Waals surface area (Å²) in [4.78, 5) is 26.6. The van der Waals surface area contributed by atoms with Crippen molar-refractivity contribution in [1.82, 2.24) is 4.90 Å². The topological polar surface area (TPSA) is 65.1 Å². The maximum atomic E-state index is 12.6. The van der Waals surface area contributed by atoms with E-state index in [1.807, 2.05) is 12.2 Å². The first-order chi connectivity index (χ1) is 10.1. The Kier molecular flexibility index (Phi) is 3.75. The number of likely N-dealkylation sites (tertiary alicyclic amines) is 1. The highest BCUT2D eigenvalue weighted by atomic mass is 16.6. The van der Waals surface area contributed by atoms with Gasteiger partial charge in [0.25, 0.3) is 0 Å². The van der Waals surface area contributed by atoms with E-state index in [0.717, 1.165) is 6.42 Å². The lowest BCUT2D eigenvalue weighted by Crippen LogP contribution is -2.40. The number of hydrogen-bond acceptors (Lipinski definition) is 5. The lowest BCUT2D eigenvalue weighted by Gasteiger charge is -2.22. The zero-order chi connectivity index (χ0) is 15.0. The molecule has 0 aromatic carbocycles. The Morgan fingerprint density at radius 3 is 3.10 bits per heavy atom. The van der Waals surface area contributed by atoms with Gasteiger partial charge in [-0.1, -0.05) is 12.2 Å². The van der Waals surface area contributed by atoms with Crippen LogP contribution < -0.4 is 0 Å². The van der Waals surface area contributed by atoms with Gasteiger partial charge in [0.1, 0.15) is 11.5 Å². The number of carbonyl (C=O) groups is 2. The molecule has 0 N–H and O–H groups in total. The van der Waals surface area contributed by atoms with Crippen LogP contribution in [0.5, 0.6) is 0 Å². The summed E-state index contributed by atoms with van der Waals surface area (Å²) in [6.45, 7) is 3.84. The SMILES string of the molecule is CCOC(=O)[C@@H]1[C@H]2C=C[C@@]3(CN(CCCOC)C(=O)[C@@H]13)O2. The summed E-state index contributed by atoms with van der Waals surface area (Å²) in [5.41, 5.74) is -0.633. The Hall–Kier alpha value is -1.40. The zero-order valence-corrected chi connectivity index (χ0v) is 12.4. The molecule has 1 amide bonds. The number of fused-ring (bicyclic) bond motifs is 1. The van der Waals surface area contributed by atoms with Gasteiger partial charge in [-0.3, -0.25) is 9.59 Å². The number of hydrogen-bond donors (Lipinski definition) is 0. The van der Waals surface area contributed by atoms with Gasteiger partial charge in [-0.25, -0.2) is 0 Å². The molecule has 6 heteroatoms. The van der Waals surface area contributed by atoms with E-state index in [0.29, 0.717) is 26.3 Å².